The summed E-state index contributed by atoms with van der Waals surface area (Å²) in [5.74, 6) is 0.505. The standard InChI is InChI=1S/C10H12N4O2S2/c17-10-13-12-9(16-10)7-5-11-8(18-7)6-14-1-3-15-4-2-14/h5H,1-4,6H2,(H,13,17). The van der Waals surface area contributed by atoms with Crippen molar-refractivity contribution in [3.63, 3.8) is 0 Å². The zero-order valence-electron chi connectivity index (χ0n) is 9.59. The van der Waals surface area contributed by atoms with Crippen molar-refractivity contribution in [3.8, 4) is 10.8 Å². The Morgan fingerprint density at radius 1 is 1.44 bits per heavy atom. The Morgan fingerprint density at radius 3 is 3.00 bits per heavy atom. The third-order valence-corrected chi connectivity index (χ3v) is 3.81. The number of aromatic nitrogens is 3. The third kappa shape index (κ3) is 2.66. The number of rotatable bonds is 3. The summed E-state index contributed by atoms with van der Waals surface area (Å²) in [6.07, 6.45) is 1.77. The van der Waals surface area contributed by atoms with Crippen LogP contribution in [0, 0.1) is 4.84 Å². The van der Waals surface area contributed by atoms with Crippen molar-refractivity contribution in [3.05, 3.63) is 16.0 Å². The molecule has 1 N–H and O–H groups in total. The van der Waals surface area contributed by atoms with Gasteiger partial charge in [0.25, 0.3) is 10.7 Å². The van der Waals surface area contributed by atoms with E-state index in [2.05, 4.69) is 20.1 Å². The summed E-state index contributed by atoms with van der Waals surface area (Å²) in [5, 5.41) is 7.65. The highest BCUT2D eigenvalue weighted by molar-refractivity contribution is 7.71. The molecular formula is C10H12N4O2S2. The Morgan fingerprint density at radius 2 is 2.28 bits per heavy atom. The number of hydrogen-bond acceptors (Lipinski definition) is 7. The van der Waals surface area contributed by atoms with Crippen molar-refractivity contribution in [2.75, 3.05) is 26.3 Å². The van der Waals surface area contributed by atoms with Crippen LogP contribution >= 0.6 is 23.6 Å². The topological polar surface area (TPSA) is 67.2 Å². The molecule has 6 nitrogen and oxygen atoms in total. The minimum absolute atomic E-state index is 0.285. The van der Waals surface area contributed by atoms with E-state index in [4.69, 9.17) is 21.4 Å². The molecule has 18 heavy (non-hydrogen) atoms. The Hall–Kier alpha value is -1.09. The highest BCUT2D eigenvalue weighted by Crippen LogP contribution is 2.25. The largest absolute Gasteiger partial charge is 0.408 e. The molecule has 0 atom stereocenters. The van der Waals surface area contributed by atoms with Crippen LogP contribution in [-0.2, 0) is 11.3 Å². The van der Waals surface area contributed by atoms with Crippen molar-refractivity contribution in [1.82, 2.24) is 20.1 Å². The predicted molar refractivity (Wildman–Crippen MR) is 68.9 cm³/mol. The maximum absolute atomic E-state index is 5.32. The number of aromatic amines is 1. The second-order valence-electron chi connectivity index (χ2n) is 3.93. The van der Waals surface area contributed by atoms with Crippen LogP contribution in [0.1, 0.15) is 5.01 Å². The maximum Gasteiger partial charge on any atom is 0.284 e. The molecule has 2 aromatic heterocycles. The van der Waals surface area contributed by atoms with Crippen LogP contribution < -0.4 is 0 Å². The molecule has 8 heteroatoms. The first-order valence-electron chi connectivity index (χ1n) is 5.62. The number of nitrogens with zero attached hydrogens (tertiary/aromatic N) is 3. The molecule has 2 aromatic rings. The van der Waals surface area contributed by atoms with Crippen LogP contribution in [-0.4, -0.2) is 46.4 Å². The number of nitrogens with one attached hydrogen (secondary N) is 1. The summed E-state index contributed by atoms with van der Waals surface area (Å²) in [5.41, 5.74) is 0. The van der Waals surface area contributed by atoms with Gasteiger partial charge >= 0.3 is 0 Å². The van der Waals surface area contributed by atoms with Crippen LogP contribution in [0.5, 0.6) is 0 Å². The van der Waals surface area contributed by atoms with Gasteiger partial charge in [0.15, 0.2) is 0 Å². The normalized spacial score (nSPS) is 17.1. The molecule has 1 aliphatic heterocycles. The van der Waals surface area contributed by atoms with E-state index in [1.54, 1.807) is 17.5 Å². The van der Waals surface area contributed by atoms with E-state index in [1.165, 1.54) is 0 Å². The van der Waals surface area contributed by atoms with E-state index >= 15 is 0 Å². The van der Waals surface area contributed by atoms with Crippen LogP contribution in [0.15, 0.2) is 10.6 Å². The van der Waals surface area contributed by atoms with E-state index in [-0.39, 0.29) is 4.84 Å². The summed E-state index contributed by atoms with van der Waals surface area (Å²) in [6, 6.07) is 0. The molecule has 0 bridgehead atoms. The molecule has 3 rings (SSSR count). The Kier molecular flexibility index (Phi) is 3.50. The number of morpholine rings is 1. The molecule has 0 amide bonds. The summed E-state index contributed by atoms with van der Waals surface area (Å²) in [6.45, 7) is 4.35. The lowest BCUT2D eigenvalue weighted by Crippen LogP contribution is -2.35. The summed E-state index contributed by atoms with van der Waals surface area (Å²) < 4.78 is 10.6. The minimum Gasteiger partial charge on any atom is -0.408 e. The molecule has 0 saturated carbocycles. The second-order valence-corrected chi connectivity index (χ2v) is 5.41. The van der Waals surface area contributed by atoms with Crippen LogP contribution in [0.25, 0.3) is 10.8 Å². The monoisotopic (exact) mass is 284 g/mol. The number of ether oxygens (including phenoxy) is 1. The van der Waals surface area contributed by atoms with Gasteiger partial charge in [-0.05, 0) is 12.2 Å². The Bertz CT molecular complexity index is 570. The van der Waals surface area contributed by atoms with Crippen LogP contribution in [0.3, 0.4) is 0 Å². The van der Waals surface area contributed by atoms with Gasteiger partial charge in [-0.15, -0.1) is 16.4 Å². The number of thiazole rings is 1. The van der Waals surface area contributed by atoms with Gasteiger partial charge in [0.1, 0.15) is 9.88 Å². The Balaban J connectivity index is 1.71. The lowest BCUT2D eigenvalue weighted by molar-refractivity contribution is 0.0341. The van der Waals surface area contributed by atoms with Gasteiger partial charge in [0, 0.05) is 13.1 Å². The van der Waals surface area contributed by atoms with Gasteiger partial charge in [-0.3, -0.25) is 4.90 Å². The average molecular weight is 284 g/mol. The van der Waals surface area contributed by atoms with E-state index in [0.717, 1.165) is 42.7 Å². The molecule has 0 aliphatic carbocycles. The van der Waals surface area contributed by atoms with Crippen molar-refractivity contribution in [2.45, 2.75) is 6.54 Å². The zero-order chi connectivity index (χ0) is 12.4. The van der Waals surface area contributed by atoms with E-state index in [9.17, 15) is 0 Å². The van der Waals surface area contributed by atoms with Gasteiger partial charge in [0.2, 0.25) is 0 Å². The van der Waals surface area contributed by atoms with Gasteiger partial charge in [-0.1, -0.05) is 0 Å². The smallest absolute Gasteiger partial charge is 0.284 e. The van der Waals surface area contributed by atoms with Gasteiger partial charge in [0.05, 0.1) is 26.0 Å². The van der Waals surface area contributed by atoms with E-state index < -0.39 is 0 Å². The first-order valence-corrected chi connectivity index (χ1v) is 6.84. The fourth-order valence-corrected chi connectivity index (χ4v) is 2.78. The van der Waals surface area contributed by atoms with Crippen molar-refractivity contribution in [2.24, 2.45) is 0 Å². The lowest BCUT2D eigenvalue weighted by Gasteiger charge is -2.25. The van der Waals surface area contributed by atoms with Crippen molar-refractivity contribution >= 4 is 23.6 Å². The summed E-state index contributed by atoms with van der Waals surface area (Å²) >= 11 is 6.42. The molecule has 1 fully saturated rings. The maximum atomic E-state index is 5.32. The minimum atomic E-state index is 0.285. The molecule has 0 radical (unpaired) electrons. The van der Waals surface area contributed by atoms with Crippen molar-refractivity contribution in [1.29, 1.82) is 0 Å². The molecular weight excluding hydrogens is 272 g/mol. The van der Waals surface area contributed by atoms with Crippen LogP contribution in [0.4, 0.5) is 0 Å². The molecule has 0 spiro atoms. The highest BCUT2D eigenvalue weighted by Gasteiger charge is 2.14. The van der Waals surface area contributed by atoms with Crippen LogP contribution in [0.2, 0.25) is 0 Å². The molecule has 1 aliphatic rings. The fourth-order valence-electron chi connectivity index (χ4n) is 1.77. The molecule has 96 valence electrons. The third-order valence-electron chi connectivity index (χ3n) is 2.67. The molecule has 1 saturated heterocycles. The SMILES string of the molecule is S=c1[nH]nc(-c2cnc(CN3CCOCC3)s2)o1. The molecule has 0 aromatic carbocycles. The van der Waals surface area contributed by atoms with Gasteiger partial charge in [-0.25, -0.2) is 10.1 Å². The predicted octanol–water partition coefficient (Wildman–Crippen LogP) is 1.69. The fraction of sp³-hybridized carbons (Fsp3) is 0.500. The quantitative estimate of drug-likeness (QED) is 0.865. The average Bonchev–Trinajstić information content (AvgIpc) is 2.99. The highest BCUT2D eigenvalue weighted by atomic mass is 32.1. The second kappa shape index (κ2) is 5.27. The summed E-state index contributed by atoms with van der Waals surface area (Å²) in [7, 11) is 0. The van der Waals surface area contributed by atoms with E-state index in [0.29, 0.717) is 5.89 Å². The van der Waals surface area contributed by atoms with Crippen molar-refractivity contribution < 1.29 is 9.15 Å². The summed E-state index contributed by atoms with van der Waals surface area (Å²) in [4.78, 5) is 7.89. The first kappa shape index (κ1) is 12.0. The van der Waals surface area contributed by atoms with Gasteiger partial charge in [-0.2, -0.15) is 0 Å². The molecule has 3 heterocycles. The first-order chi connectivity index (χ1) is 8.81. The lowest BCUT2D eigenvalue weighted by atomic mass is 10.4. The van der Waals surface area contributed by atoms with E-state index in [1.807, 2.05) is 0 Å². The zero-order valence-corrected chi connectivity index (χ0v) is 11.2. The Labute approximate surface area is 113 Å². The molecule has 0 unspecified atom stereocenters. The number of hydrogen-bond donors (Lipinski definition) is 1. The number of H-pyrrole nitrogens is 1. The van der Waals surface area contributed by atoms with Gasteiger partial charge < -0.3 is 9.15 Å².